The average molecular weight is 406 g/mol. The Morgan fingerprint density at radius 3 is 2.68 bits per heavy atom. The monoisotopic (exact) mass is 406 g/mol. The molecule has 5 heteroatoms. The second kappa shape index (κ2) is 7.69. The lowest BCUT2D eigenvalue weighted by Gasteiger charge is -2.15. The molecule has 0 unspecified atom stereocenters. The number of carbonyl (C=O) groups excluding carboxylic acids is 1. The van der Waals surface area contributed by atoms with E-state index in [0.717, 1.165) is 44.2 Å². The Labute approximate surface area is 180 Å². The Balaban J connectivity index is 1.48. The van der Waals surface area contributed by atoms with E-state index in [1.54, 1.807) is 6.33 Å². The van der Waals surface area contributed by atoms with E-state index < -0.39 is 0 Å². The number of fused-ring (bicyclic) bond motifs is 3. The van der Waals surface area contributed by atoms with Crippen LogP contribution in [0.1, 0.15) is 34.5 Å². The maximum absolute atomic E-state index is 12.9. The summed E-state index contributed by atoms with van der Waals surface area (Å²) in [5.74, 6) is -0.0837. The minimum atomic E-state index is -0.0837. The summed E-state index contributed by atoms with van der Waals surface area (Å²) in [5, 5.41) is 5.19. The van der Waals surface area contributed by atoms with Gasteiger partial charge in [0.15, 0.2) is 0 Å². The largest absolute Gasteiger partial charge is 0.346 e. The molecule has 0 bridgehead atoms. The average Bonchev–Trinajstić information content (AvgIpc) is 3.17. The molecule has 5 rings (SSSR count). The summed E-state index contributed by atoms with van der Waals surface area (Å²) >= 11 is 0. The Kier molecular flexibility index (Phi) is 4.71. The molecule has 2 N–H and O–H groups in total. The van der Waals surface area contributed by atoms with Gasteiger partial charge in [-0.15, -0.1) is 0 Å². The van der Waals surface area contributed by atoms with Gasteiger partial charge in [-0.05, 0) is 54.3 Å². The van der Waals surface area contributed by atoms with Crippen LogP contribution in [0, 0.1) is 6.92 Å². The van der Waals surface area contributed by atoms with Gasteiger partial charge in [-0.2, -0.15) is 0 Å². The molecule has 0 aliphatic carbocycles. The molecule has 3 aromatic carbocycles. The van der Waals surface area contributed by atoms with Crippen LogP contribution in [0.25, 0.3) is 33.1 Å². The maximum atomic E-state index is 12.9. The van der Waals surface area contributed by atoms with Crippen LogP contribution in [0.5, 0.6) is 0 Å². The smallest absolute Gasteiger partial charge is 0.251 e. The van der Waals surface area contributed by atoms with E-state index in [1.165, 1.54) is 0 Å². The normalized spacial score (nSPS) is 12.2. The Morgan fingerprint density at radius 2 is 1.84 bits per heavy atom. The summed E-state index contributed by atoms with van der Waals surface area (Å²) in [6, 6.07) is 22.0. The van der Waals surface area contributed by atoms with Crippen molar-refractivity contribution in [2.75, 3.05) is 0 Å². The first-order valence-corrected chi connectivity index (χ1v) is 10.3. The number of H-pyrrole nitrogens is 1. The zero-order valence-corrected chi connectivity index (χ0v) is 17.4. The summed E-state index contributed by atoms with van der Waals surface area (Å²) in [7, 11) is 0. The first-order valence-electron chi connectivity index (χ1n) is 10.3. The highest BCUT2D eigenvalue weighted by molar-refractivity contribution is 6.06. The molecule has 0 fully saturated rings. The number of nitrogens with one attached hydrogen (secondary N) is 2. The van der Waals surface area contributed by atoms with E-state index in [2.05, 4.69) is 45.4 Å². The van der Waals surface area contributed by atoms with Crippen molar-refractivity contribution >= 4 is 27.8 Å². The van der Waals surface area contributed by atoms with Gasteiger partial charge in [-0.25, -0.2) is 9.97 Å². The maximum Gasteiger partial charge on any atom is 0.251 e. The van der Waals surface area contributed by atoms with Gasteiger partial charge in [-0.1, -0.05) is 48.5 Å². The molecule has 0 aliphatic rings. The highest BCUT2D eigenvalue weighted by atomic mass is 16.1. The predicted molar refractivity (Wildman–Crippen MR) is 124 cm³/mol. The van der Waals surface area contributed by atoms with Crippen LogP contribution >= 0.6 is 0 Å². The fourth-order valence-corrected chi connectivity index (χ4v) is 3.98. The minimum absolute atomic E-state index is 0.0674. The molecule has 2 aromatic heterocycles. The molecule has 1 atom stereocenters. The Bertz CT molecular complexity index is 1410. The fourth-order valence-electron chi connectivity index (χ4n) is 3.98. The second-order valence-electron chi connectivity index (χ2n) is 7.81. The van der Waals surface area contributed by atoms with Crippen LogP contribution in [0.2, 0.25) is 0 Å². The SMILES string of the molecule is Cc1ccc(C(=O)N[C@H](C)c2ccccc2)cc1-c1ccc2c(c1)[nH]c1ncncc12. The quantitative estimate of drug-likeness (QED) is 0.409. The molecule has 152 valence electrons. The molecule has 2 heterocycles. The van der Waals surface area contributed by atoms with E-state index in [1.807, 2.05) is 61.7 Å². The van der Waals surface area contributed by atoms with Gasteiger partial charge in [-0.3, -0.25) is 4.79 Å². The minimum Gasteiger partial charge on any atom is -0.346 e. The van der Waals surface area contributed by atoms with Crippen molar-refractivity contribution in [1.29, 1.82) is 0 Å². The fraction of sp³-hybridized carbons (Fsp3) is 0.115. The number of amides is 1. The highest BCUT2D eigenvalue weighted by Crippen LogP contribution is 2.30. The third-order valence-electron chi connectivity index (χ3n) is 5.73. The number of benzene rings is 3. The van der Waals surface area contributed by atoms with Crippen molar-refractivity contribution in [1.82, 2.24) is 20.3 Å². The molecule has 31 heavy (non-hydrogen) atoms. The van der Waals surface area contributed by atoms with Crippen LogP contribution in [-0.4, -0.2) is 20.9 Å². The van der Waals surface area contributed by atoms with E-state index >= 15 is 0 Å². The van der Waals surface area contributed by atoms with E-state index in [4.69, 9.17) is 0 Å². The summed E-state index contributed by atoms with van der Waals surface area (Å²) in [4.78, 5) is 24.7. The Morgan fingerprint density at radius 1 is 1.00 bits per heavy atom. The van der Waals surface area contributed by atoms with Crippen LogP contribution in [-0.2, 0) is 0 Å². The summed E-state index contributed by atoms with van der Waals surface area (Å²) in [6.07, 6.45) is 3.37. The number of hydrogen-bond donors (Lipinski definition) is 2. The van der Waals surface area contributed by atoms with Gasteiger partial charge in [0, 0.05) is 28.0 Å². The summed E-state index contributed by atoms with van der Waals surface area (Å²) in [5.41, 5.74) is 6.74. The first-order chi connectivity index (χ1) is 15.1. The lowest BCUT2D eigenvalue weighted by molar-refractivity contribution is 0.0940. The van der Waals surface area contributed by atoms with Gasteiger partial charge in [0.2, 0.25) is 0 Å². The van der Waals surface area contributed by atoms with Crippen molar-refractivity contribution in [2.45, 2.75) is 19.9 Å². The lowest BCUT2D eigenvalue weighted by Crippen LogP contribution is -2.26. The van der Waals surface area contributed by atoms with Gasteiger partial charge in [0.1, 0.15) is 12.0 Å². The van der Waals surface area contributed by atoms with E-state index in [-0.39, 0.29) is 11.9 Å². The molecule has 0 aliphatic heterocycles. The van der Waals surface area contributed by atoms with Crippen molar-refractivity contribution in [3.8, 4) is 11.1 Å². The van der Waals surface area contributed by atoms with E-state index in [0.29, 0.717) is 5.56 Å². The lowest BCUT2D eigenvalue weighted by atomic mass is 9.96. The van der Waals surface area contributed by atoms with Gasteiger partial charge >= 0.3 is 0 Å². The van der Waals surface area contributed by atoms with Gasteiger partial charge in [0.05, 0.1) is 6.04 Å². The first kappa shape index (κ1) is 19.0. The molecule has 0 saturated heterocycles. The van der Waals surface area contributed by atoms with Crippen LogP contribution in [0.4, 0.5) is 0 Å². The highest BCUT2D eigenvalue weighted by Gasteiger charge is 2.14. The molecule has 1 amide bonds. The Hall–Kier alpha value is -3.99. The van der Waals surface area contributed by atoms with Gasteiger partial charge in [0.25, 0.3) is 5.91 Å². The third-order valence-corrected chi connectivity index (χ3v) is 5.73. The zero-order chi connectivity index (χ0) is 21.4. The number of aromatic nitrogens is 3. The summed E-state index contributed by atoms with van der Waals surface area (Å²) in [6.45, 7) is 4.06. The van der Waals surface area contributed by atoms with Crippen molar-refractivity contribution in [3.63, 3.8) is 0 Å². The number of carbonyl (C=O) groups is 1. The second-order valence-corrected chi connectivity index (χ2v) is 7.81. The number of rotatable bonds is 4. The summed E-state index contributed by atoms with van der Waals surface area (Å²) < 4.78 is 0. The zero-order valence-electron chi connectivity index (χ0n) is 17.4. The molecular weight excluding hydrogens is 384 g/mol. The van der Waals surface area contributed by atoms with Crippen LogP contribution in [0.15, 0.2) is 79.3 Å². The van der Waals surface area contributed by atoms with Crippen LogP contribution < -0.4 is 5.32 Å². The predicted octanol–water partition coefficient (Wildman–Crippen LogP) is 5.58. The number of nitrogens with zero attached hydrogens (tertiary/aromatic N) is 2. The standard InChI is InChI=1S/C26H22N4O/c1-16-8-9-20(26(31)29-17(2)18-6-4-3-5-7-18)12-22(16)19-10-11-21-23-14-27-15-28-25(23)30-24(21)13-19/h3-15,17H,1-2H3,(H,29,31)(H,27,28,30)/t17-/m1/s1. The topological polar surface area (TPSA) is 70.7 Å². The molecule has 0 spiro atoms. The van der Waals surface area contributed by atoms with Crippen molar-refractivity contribution < 1.29 is 4.79 Å². The molecular formula is C26H22N4O. The third kappa shape index (κ3) is 3.55. The number of hydrogen-bond acceptors (Lipinski definition) is 3. The number of aryl methyl sites for hydroxylation is 1. The molecule has 0 saturated carbocycles. The van der Waals surface area contributed by atoms with Crippen molar-refractivity contribution in [3.05, 3.63) is 95.9 Å². The molecule has 5 nitrogen and oxygen atoms in total. The molecule has 0 radical (unpaired) electrons. The van der Waals surface area contributed by atoms with Gasteiger partial charge < -0.3 is 10.3 Å². The number of aromatic amines is 1. The van der Waals surface area contributed by atoms with E-state index in [9.17, 15) is 4.79 Å². The molecule has 5 aromatic rings. The van der Waals surface area contributed by atoms with Crippen molar-refractivity contribution in [2.24, 2.45) is 0 Å². The van der Waals surface area contributed by atoms with Crippen LogP contribution in [0.3, 0.4) is 0 Å².